The summed E-state index contributed by atoms with van der Waals surface area (Å²) in [5.41, 5.74) is 16.3. The van der Waals surface area contributed by atoms with Crippen molar-refractivity contribution in [1.82, 2.24) is 22.7 Å². The molecule has 0 saturated heterocycles. The average Bonchev–Trinajstić information content (AvgIpc) is 1.55. The molecular formula is C104H73BN6. The third-order valence-corrected chi connectivity index (χ3v) is 24.0. The zero-order valence-corrected chi connectivity index (χ0v) is 61.3. The van der Waals surface area contributed by atoms with Crippen LogP contribution in [0.2, 0.25) is 0 Å². The Labute approximate surface area is 663 Å². The molecule has 0 radical (unpaired) electrons. The largest absolute Gasteiger partial charge is 0.311 e. The molecule has 0 N–H and O–H groups in total. The highest BCUT2D eigenvalue weighted by Crippen LogP contribution is 2.52. The molecule has 0 atom stereocenters. The van der Waals surface area contributed by atoms with Crippen LogP contribution < -0.4 is 21.3 Å². The van der Waals surface area contributed by atoms with Gasteiger partial charge in [-0.2, -0.15) is 0 Å². The van der Waals surface area contributed by atoms with E-state index >= 15 is 0 Å². The van der Waals surface area contributed by atoms with Crippen LogP contribution in [0.25, 0.3) is 181 Å². The van der Waals surface area contributed by atoms with Gasteiger partial charge in [0.25, 0.3) is 6.71 Å². The van der Waals surface area contributed by atoms with Crippen LogP contribution in [-0.2, 0) is 10.8 Å². The van der Waals surface area contributed by atoms with Crippen LogP contribution in [0.5, 0.6) is 0 Å². The SMILES string of the molecule is [2H]c1c([2H])c([2H])c2c(c1[2H])c1c([2H])c([2H])c([2H])c([2H])c1n2-c1ccc2c(c1)N(c1ccc(-c3ccccc3)cc1)c1c3c(cc4c1c1cccc5c6ccccc6c6ccccc6c6ccccc6n4c51)-n1c4ccc(-n5c6ccc(C(C)(C)C)cc6c6cc(C(C)(C)C)ccc65)cc4c4cc(-n5c6c([2H])c([2H])c([2H])c([2H])c6c6c([2H])c([2H])c([2H])c([2H])c65)cc(c41)B23. The topological polar surface area (TPSA) is 27.4 Å². The molecule has 8 heterocycles. The Balaban J connectivity index is 0.937. The maximum absolute atomic E-state index is 10.1. The number of hydrogen-bond donors (Lipinski definition) is 0. The van der Waals surface area contributed by atoms with E-state index in [9.17, 15) is 19.2 Å². The van der Waals surface area contributed by atoms with Gasteiger partial charge in [-0.15, -0.1) is 0 Å². The van der Waals surface area contributed by atoms with Gasteiger partial charge in [0, 0.05) is 104 Å². The summed E-state index contributed by atoms with van der Waals surface area (Å²) in [6, 6.07) is 74.9. The first kappa shape index (κ1) is 48.6. The molecular weight excluding hydrogens is 1340 g/mol. The Morgan fingerprint density at radius 3 is 1.32 bits per heavy atom. The van der Waals surface area contributed by atoms with Crippen LogP contribution in [0.1, 0.15) is 74.6 Å². The Kier molecular flexibility index (Phi) is 9.86. The van der Waals surface area contributed by atoms with Crippen molar-refractivity contribution < 1.29 is 21.9 Å². The van der Waals surface area contributed by atoms with E-state index in [1.54, 1.807) is 9.13 Å². The summed E-state index contributed by atoms with van der Waals surface area (Å²) in [6.07, 6.45) is 0. The fourth-order valence-electron chi connectivity index (χ4n) is 19.1. The molecule has 2 aliphatic heterocycles. The number of aromatic nitrogens is 5. The number of fused-ring (bicyclic) bond motifs is 27. The molecule has 16 aromatic carbocycles. The molecule has 7 heteroatoms. The lowest BCUT2D eigenvalue weighted by Crippen LogP contribution is -2.60. The number of anilines is 3. The van der Waals surface area contributed by atoms with Crippen LogP contribution in [0.3, 0.4) is 0 Å². The zero-order chi connectivity index (χ0) is 87.5. The van der Waals surface area contributed by atoms with Crippen molar-refractivity contribution in [2.75, 3.05) is 4.90 Å². The first-order chi connectivity index (χ1) is 61.0. The number of para-hydroxylation sites is 6. The van der Waals surface area contributed by atoms with Crippen LogP contribution >= 0.6 is 0 Å². The predicted molar refractivity (Wildman–Crippen MR) is 473 cm³/mol. The van der Waals surface area contributed by atoms with Crippen molar-refractivity contribution in [1.29, 1.82) is 0 Å². The van der Waals surface area contributed by atoms with Gasteiger partial charge >= 0.3 is 0 Å². The summed E-state index contributed by atoms with van der Waals surface area (Å²) in [5, 5.41) is 11.1. The lowest BCUT2D eigenvalue weighted by Gasteiger charge is -2.41. The molecule has 522 valence electrons. The van der Waals surface area contributed by atoms with Gasteiger partial charge in [0.05, 0.1) is 82.8 Å². The molecule has 0 bridgehead atoms. The summed E-state index contributed by atoms with van der Waals surface area (Å²) in [7, 11) is 0. The van der Waals surface area contributed by atoms with Crippen molar-refractivity contribution in [2.24, 2.45) is 0 Å². The normalized spacial score (nSPS) is 15.1. The number of nitrogens with zero attached hydrogens (tertiary/aromatic N) is 6. The zero-order valence-electron chi connectivity index (χ0n) is 77.3. The van der Waals surface area contributed by atoms with Crippen molar-refractivity contribution in [2.45, 2.75) is 52.4 Å². The van der Waals surface area contributed by atoms with Crippen molar-refractivity contribution in [3.63, 3.8) is 0 Å². The van der Waals surface area contributed by atoms with Crippen LogP contribution in [-0.4, -0.2) is 29.4 Å². The second kappa shape index (κ2) is 22.5. The smallest absolute Gasteiger partial charge is 0.252 e. The maximum Gasteiger partial charge on any atom is 0.252 e. The van der Waals surface area contributed by atoms with E-state index in [0.717, 1.165) is 132 Å². The Bertz CT molecular complexity index is 8730. The molecule has 0 fully saturated rings. The van der Waals surface area contributed by atoms with Gasteiger partial charge < -0.3 is 27.6 Å². The minimum absolute atomic E-state index is 0.0562. The van der Waals surface area contributed by atoms with Crippen LogP contribution in [0.4, 0.5) is 17.1 Å². The average molecular weight is 1430 g/mol. The standard InChI is InChI=1S/C104H73BN6/c1-103(2,3)64-45-52-92-81(55-64)82-56-65(104(4,5)6)46-53-93(82)106(92)67-50-54-94-83(57-67)84-58-69(108-89-40-21-17-34-77(89)78-35-18-22-41-90(78)108)59-86-101(84)111(94)97-61-96-98(80-37-24-36-79-73-30-13-11-28-71(73)70-27-10-12-29-72(70)74-31-14-23-42-91(74)110(96)100(79)80)102-99(97)105(86)85-51-49-68(107-87-38-19-15-32-75(87)76-33-16-20-39-88(76)107)60-95(85)109(102)66-47-43-63(44-48-66)62-25-8-7-9-26-62/h7-61H,1-6H3/i15D,16D,17D,18D,19D,20D,21D,22D,32D,33D,34D,35D,38D,39D,40D,41D. The number of benzene rings is 16. The van der Waals surface area contributed by atoms with Crippen molar-refractivity contribution in [3.05, 3.63) is 344 Å². The molecule has 0 saturated carbocycles. The lowest BCUT2D eigenvalue weighted by atomic mass is 9.33. The van der Waals surface area contributed by atoms with E-state index in [0.29, 0.717) is 39.1 Å². The molecule has 111 heavy (non-hydrogen) atoms. The van der Waals surface area contributed by atoms with Gasteiger partial charge in [0.2, 0.25) is 0 Å². The number of rotatable bonds is 5. The Morgan fingerprint density at radius 1 is 0.270 bits per heavy atom. The molecule has 0 aliphatic carbocycles. The van der Waals surface area contributed by atoms with Crippen molar-refractivity contribution >= 4 is 187 Å². The van der Waals surface area contributed by atoms with E-state index in [2.05, 4.69) is 248 Å². The van der Waals surface area contributed by atoms with Gasteiger partial charge in [-0.25, -0.2) is 0 Å². The highest BCUT2D eigenvalue weighted by molar-refractivity contribution is 7.00. The second-order valence-electron chi connectivity index (χ2n) is 32.0. The highest BCUT2D eigenvalue weighted by Gasteiger charge is 2.45. The monoisotopic (exact) mass is 1430 g/mol. The highest BCUT2D eigenvalue weighted by atomic mass is 15.2. The summed E-state index contributed by atoms with van der Waals surface area (Å²) < 4.78 is 164. The molecule has 24 rings (SSSR count). The van der Waals surface area contributed by atoms with Gasteiger partial charge in [-0.1, -0.05) is 260 Å². The van der Waals surface area contributed by atoms with E-state index in [1.807, 2.05) is 48.5 Å². The molecule has 22 aromatic rings. The molecule has 6 nitrogen and oxygen atoms in total. The molecule has 0 spiro atoms. The lowest BCUT2D eigenvalue weighted by molar-refractivity contribution is 0.590. The molecule has 2 aliphatic rings. The summed E-state index contributed by atoms with van der Waals surface area (Å²) in [5.74, 6) is 0. The predicted octanol–water partition coefficient (Wildman–Crippen LogP) is 25.5. The summed E-state index contributed by atoms with van der Waals surface area (Å²) in [4.78, 5) is 2.29. The Hall–Kier alpha value is -13.6. The summed E-state index contributed by atoms with van der Waals surface area (Å²) >= 11 is 0. The fourth-order valence-corrected chi connectivity index (χ4v) is 19.1. The Morgan fingerprint density at radius 2 is 0.721 bits per heavy atom. The van der Waals surface area contributed by atoms with Gasteiger partial charge in [-0.3, -0.25) is 0 Å². The van der Waals surface area contributed by atoms with E-state index in [4.69, 9.17) is 2.74 Å². The number of hydrogen-bond acceptors (Lipinski definition) is 1. The fraction of sp³-hybridized carbons (Fsp3) is 0.0769. The molecule has 0 unspecified atom stereocenters. The van der Waals surface area contributed by atoms with E-state index in [1.165, 1.54) is 11.1 Å². The maximum atomic E-state index is 10.1. The second-order valence-corrected chi connectivity index (χ2v) is 32.0. The first-order valence-corrected chi connectivity index (χ1v) is 37.8. The van der Waals surface area contributed by atoms with Crippen LogP contribution in [0, 0.1) is 0 Å². The molecule has 0 amide bonds. The van der Waals surface area contributed by atoms with Crippen LogP contribution in [0.15, 0.2) is 333 Å². The quantitative estimate of drug-likeness (QED) is 0.158. The van der Waals surface area contributed by atoms with Gasteiger partial charge in [0.1, 0.15) is 0 Å². The van der Waals surface area contributed by atoms with E-state index in [-0.39, 0.29) is 54.4 Å². The minimum Gasteiger partial charge on any atom is -0.311 e. The van der Waals surface area contributed by atoms with Crippen molar-refractivity contribution in [3.8, 4) is 33.9 Å². The molecule has 6 aromatic heterocycles. The van der Waals surface area contributed by atoms with Gasteiger partial charge in [-0.05, 0) is 186 Å². The summed E-state index contributed by atoms with van der Waals surface area (Å²) in [6.45, 7) is 12.5. The third-order valence-electron chi connectivity index (χ3n) is 24.0. The van der Waals surface area contributed by atoms with Gasteiger partial charge in [0.15, 0.2) is 0 Å². The third kappa shape index (κ3) is 8.63. The first-order valence-electron chi connectivity index (χ1n) is 45.8. The minimum atomic E-state index is -0.868. The van der Waals surface area contributed by atoms with E-state index < -0.39 is 103 Å².